The molecule has 0 aromatic carbocycles. The highest BCUT2D eigenvalue weighted by atomic mass is 15.2. The summed E-state index contributed by atoms with van der Waals surface area (Å²) in [7, 11) is 0. The molecule has 0 aliphatic carbocycles. The first-order valence-corrected chi connectivity index (χ1v) is 7.61. The second-order valence-corrected chi connectivity index (χ2v) is 5.93. The maximum absolute atomic E-state index is 4.30. The van der Waals surface area contributed by atoms with E-state index in [0.717, 1.165) is 6.54 Å². The van der Waals surface area contributed by atoms with E-state index >= 15 is 0 Å². The minimum absolute atomic E-state index is 0.509. The first kappa shape index (κ1) is 14.3. The number of nitrogens with zero attached hydrogens (tertiary/aromatic N) is 2. The van der Waals surface area contributed by atoms with Gasteiger partial charge in [0.2, 0.25) is 0 Å². The number of hydrogen-bond acceptors (Lipinski definition) is 3. The minimum Gasteiger partial charge on any atom is -0.368 e. The van der Waals surface area contributed by atoms with Gasteiger partial charge < -0.3 is 10.2 Å². The van der Waals surface area contributed by atoms with Crippen molar-refractivity contribution in [3.63, 3.8) is 0 Å². The molecule has 2 heterocycles. The van der Waals surface area contributed by atoms with Crippen LogP contribution in [-0.2, 0) is 6.54 Å². The highest BCUT2D eigenvalue weighted by molar-refractivity contribution is 5.53. The van der Waals surface area contributed by atoms with Crippen LogP contribution in [0.2, 0.25) is 0 Å². The molecule has 1 aromatic heterocycles. The van der Waals surface area contributed by atoms with Crippen molar-refractivity contribution in [2.75, 3.05) is 11.4 Å². The Morgan fingerprint density at radius 2 is 2.21 bits per heavy atom. The summed E-state index contributed by atoms with van der Waals surface area (Å²) in [6, 6.07) is 3.33. The molecule has 2 rings (SSSR count). The maximum Gasteiger partial charge on any atom is 0.0445 e. The smallest absolute Gasteiger partial charge is 0.0445 e. The topological polar surface area (TPSA) is 28.2 Å². The average Bonchev–Trinajstić information content (AvgIpc) is 2.61. The van der Waals surface area contributed by atoms with E-state index in [1.807, 2.05) is 12.4 Å². The predicted molar refractivity (Wildman–Crippen MR) is 81.5 cm³/mol. The summed E-state index contributed by atoms with van der Waals surface area (Å²) in [5.74, 6) is 0. The molecule has 1 aliphatic heterocycles. The Bertz CT molecular complexity index is 389. The minimum atomic E-state index is 0.509. The Kier molecular flexibility index (Phi) is 5.20. The lowest BCUT2D eigenvalue weighted by molar-refractivity contribution is 0.580. The number of rotatable bonds is 4. The van der Waals surface area contributed by atoms with E-state index in [2.05, 4.69) is 42.0 Å². The summed E-state index contributed by atoms with van der Waals surface area (Å²) < 4.78 is 0. The van der Waals surface area contributed by atoms with Crippen molar-refractivity contribution in [2.45, 2.75) is 65.1 Å². The fraction of sp³-hybridized carbons (Fsp3) is 0.688. The monoisotopic (exact) mass is 261 g/mol. The SMILES string of the molecule is CC(C)NCc1cnccc1N1CCCCCC1C. The van der Waals surface area contributed by atoms with E-state index in [1.165, 1.54) is 43.5 Å². The summed E-state index contributed by atoms with van der Waals surface area (Å²) >= 11 is 0. The van der Waals surface area contributed by atoms with Crippen LogP contribution in [-0.4, -0.2) is 23.6 Å². The van der Waals surface area contributed by atoms with Crippen molar-refractivity contribution in [1.29, 1.82) is 0 Å². The molecular weight excluding hydrogens is 234 g/mol. The average molecular weight is 261 g/mol. The van der Waals surface area contributed by atoms with Gasteiger partial charge in [0, 0.05) is 48.8 Å². The number of aromatic nitrogens is 1. The number of pyridine rings is 1. The van der Waals surface area contributed by atoms with Gasteiger partial charge in [0.15, 0.2) is 0 Å². The maximum atomic E-state index is 4.30. The predicted octanol–water partition coefficient (Wildman–Crippen LogP) is 3.35. The molecule has 0 radical (unpaired) electrons. The van der Waals surface area contributed by atoms with E-state index in [1.54, 1.807) is 0 Å². The van der Waals surface area contributed by atoms with Gasteiger partial charge in [-0.1, -0.05) is 26.7 Å². The molecule has 106 valence electrons. The zero-order valence-electron chi connectivity index (χ0n) is 12.5. The summed E-state index contributed by atoms with van der Waals surface area (Å²) in [5, 5.41) is 3.51. The van der Waals surface area contributed by atoms with E-state index < -0.39 is 0 Å². The molecule has 19 heavy (non-hydrogen) atoms. The third kappa shape index (κ3) is 3.93. The lowest BCUT2D eigenvalue weighted by atomic mass is 10.1. The molecule has 3 heteroatoms. The van der Waals surface area contributed by atoms with Gasteiger partial charge in [-0.15, -0.1) is 0 Å². The zero-order chi connectivity index (χ0) is 13.7. The van der Waals surface area contributed by atoms with Crippen LogP contribution in [0.25, 0.3) is 0 Å². The molecule has 0 spiro atoms. The molecule has 0 saturated carbocycles. The van der Waals surface area contributed by atoms with Gasteiger partial charge >= 0.3 is 0 Å². The lowest BCUT2D eigenvalue weighted by Crippen LogP contribution is -2.34. The van der Waals surface area contributed by atoms with Crippen molar-refractivity contribution >= 4 is 5.69 Å². The molecule has 1 saturated heterocycles. The van der Waals surface area contributed by atoms with Crippen LogP contribution in [0, 0.1) is 0 Å². The summed E-state index contributed by atoms with van der Waals surface area (Å²) in [4.78, 5) is 6.88. The summed E-state index contributed by atoms with van der Waals surface area (Å²) in [6.07, 6.45) is 9.28. The number of anilines is 1. The van der Waals surface area contributed by atoms with Crippen molar-refractivity contribution in [1.82, 2.24) is 10.3 Å². The molecule has 1 unspecified atom stereocenters. The number of nitrogens with one attached hydrogen (secondary N) is 1. The van der Waals surface area contributed by atoms with Crippen molar-refractivity contribution < 1.29 is 0 Å². The first-order valence-electron chi connectivity index (χ1n) is 7.61. The third-order valence-electron chi connectivity index (χ3n) is 3.94. The Labute approximate surface area is 117 Å². The first-order chi connectivity index (χ1) is 9.18. The second-order valence-electron chi connectivity index (χ2n) is 5.93. The van der Waals surface area contributed by atoms with E-state index in [0.29, 0.717) is 12.1 Å². The second kappa shape index (κ2) is 6.90. The molecule has 1 aliphatic rings. The Morgan fingerprint density at radius 3 is 3.00 bits per heavy atom. The molecule has 1 atom stereocenters. The van der Waals surface area contributed by atoms with Gasteiger partial charge in [0.25, 0.3) is 0 Å². The van der Waals surface area contributed by atoms with E-state index in [4.69, 9.17) is 0 Å². The molecule has 1 N–H and O–H groups in total. The van der Waals surface area contributed by atoms with Gasteiger partial charge in [-0.25, -0.2) is 0 Å². The highest BCUT2D eigenvalue weighted by Gasteiger charge is 2.19. The highest BCUT2D eigenvalue weighted by Crippen LogP contribution is 2.26. The summed E-state index contributed by atoms with van der Waals surface area (Å²) in [5.41, 5.74) is 2.70. The van der Waals surface area contributed by atoms with Gasteiger partial charge in [-0.05, 0) is 25.8 Å². The van der Waals surface area contributed by atoms with Gasteiger partial charge in [-0.3, -0.25) is 4.98 Å². The van der Waals surface area contributed by atoms with Crippen LogP contribution in [0.3, 0.4) is 0 Å². The van der Waals surface area contributed by atoms with Crippen LogP contribution < -0.4 is 10.2 Å². The molecule has 1 fully saturated rings. The van der Waals surface area contributed by atoms with Crippen LogP contribution in [0.15, 0.2) is 18.5 Å². The van der Waals surface area contributed by atoms with Crippen LogP contribution in [0.5, 0.6) is 0 Å². The Balaban J connectivity index is 2.17. The lowest BCUT2D eigenvalue weighted by Gasteiger charge is -2.31. The van der Waals surface area contributed by atoms with Crippen molar-refractivity contribution in [2.24, 2.45) is 0 Å². The quantitative estimate of drug-likeness (QED) is 0.901. The Hall–Kier alpha value is -1.09. The van der Waals surface area contributed by atoms with Crippen LogP contribution in [0.4, 0.5) is 5.69 Å². The molecule has 0 amide bonds. The van der Waals surface area contributed by atoms with Crippen LogP contribution in [0.1, 0.15) is 52.0 Å². The molecule has 3 nitrogen and oxygen atoms in total. The van der Waals surface area contributed by atoms with Gasteiger partial charge in [0.05, 0.1) is 0 Å². The van der Waals surface area contributed by atoms with Crippen LogP contribution >= 0.6 is 0 Å². The summed E-state index contributed by atoms with van der Waals surface area (Å²) in [6.45, 7) is 8.81. The van der Waals surface area contributed by atoms with Crippen molar-refractivity contribution in [3.8, 4) is 0 Å². The third-order valence-corrected chi connectivity index (χ3v) is 3.94. The number of hydrogen-bond donors (Lipinski definition) is 1. The fourth-order valence-electron chi connectivity index (χ4n) is 2.78. The van der Waals surface area contributed by atoms with E-state index in [-0.39, 0.29) is 0 Å². The normalized spacial score (nSPS) is 20.6. The molecule has 1 aromatic rings. The molecular formula is C16H27N3. The van der Waals surface area contributed by atoms with Crippen molar-refractivity contribution in [3.05, 3.63) is 24.0 Å². The zero-order valence-corrected chi connectivity index (χ0v) is 12.5. The van der Waals surface area contributed by atoms with E-state index in [9.17, 15) is 0 Å². The Morgan fingerprint density at radius 1 is 1.37 bits per heavy atom. The van der Waals surface area contributed by atoms with Gasteiger partial charge in [0.1, 0.15) is 0 Å². The fourth-order valence-corrected chi connectivity index (χ4v) is 2.78. The van der Waals surface area contributed by atoms with Gasteiger partial charge in [-0.2, -0.15) is 0 Å². The molecule has 0 bridgehead atoms. The largest absolute Gasteiger partial charge is 0.368 e. The standard InChI is InChI=1S/C16H27N3/c1-13(2)18-12-15-11-17-9-8-16(15)19-10-6-4-5-7-14(19)3/h8-9,11,13-14,18H,4-7,10,12H2,1-3H3.